The minimum atomic E-state index is 0.584. The summed E-state index contributed by atoms with van der Waals surface area (Å²) >= 11 is 1.84. The van der Waals surface area contributed by atoms with Gasteiger partial charge in [0, 0.05) is 11.1 Å². The molecule has 0 aliphatic heterocycles. The van der Waals surface area contributed by atoms with E-state index in [1.165, 1.54) is 0 Å². The van der Waals surface area contributed by atoms with Crippen molar-refractivity contribution in [3.63, 3.8) is 0 Å². The number of aromatic nitrogens is 2. The van der Waals surface area contributed by atoms with Gasteiger partial charge in [-0.05, 0) is 19.1 Å². The molecule has 3 nitrogen and oxygen atoms in total. The van der Waals surface area contributed by atoms with Gasteiger partial charge in [0.1, 0.15) is 11.6 Å². The lowest BCUT2D eigenvalue weighted by molar-refractivity contribution is 1.02. The molecule has 0 amide bonds. The molecule has 100 valence electrons. The first kappa shape index (κ1) is 13.9. The van der Waals surface area contributed by atoms with E-state index in [4.69, 9.17) is 5.73 Å². The lowest BCUT2D eigenvalue weighted by Gasteiger charge is -2.10. The number of nitrogens with zero attached hydrogens (tertiary/aromatic N) is 2. The molecule has 2 aromatic rings. The molecule has 0 saturated heterocycles. The van der Waals surface area contributed by atoms with E-state index in [1.807, 2.05) is 36.9 Å². The highest BCUT2D eigenvalue weighted by atomic mass is 32.2. The molecule has 0 radical (unpaired) electrons. The Morgan fingerprint density at radius 2 is 1.89 bits per heavy atom. The van der Waals surface area contributed by atoms with E-state index in [-0.39, 0.29) is 0 Å². The highest BCUT2D eigenvalue weighted by Gasteiger charge is 2.10. The third-order valence-corrected chi connectivity index (χ3v) is 4.02. The topological polar surface area (TPSA) is 51.8 Å². The molecule has 0 aliphatic carbocycles. The van der Waals surface area contributed by atoms with Gasteiger partial charge in [-0.1, -0.05) is 37.3 Å². The number of thioether (sulfide) groups is 1. The molecule has 0 atom stereocenters. The summed E-state index contributed by atoms with van der Waals surface area (Å²) in [4.78, 5) is 9.04. The second-order valence-electron chi connectivity index (χ2n) is 4.42. The summed E-state index contributed by atoms with van der Waals surface area (Å²) in [6, 6.07) is 10.1. The van der Waals surface area contributed by atoms with Gasteiger partial charge in [-0.3, -0.25) is 0 Å². The number of rotatable bonds is 5. The van der Waals surface area contributed by atoms with Crippen LogP contribution in [0, 0.1) is 6.92 Å². The fourth-order valence-corrected chi connectivity index (χ4v) is 2.58. The van der Waals surface area contributed by atoms with E-state index in [2.05, 4.69) is 29.0 Å². The summed E-state index contributed by atoms with van der Waals surface area (Å²) in [5, 5.41) is 0. The second kappa shape index (κ2) is 6.57. The van der Waals surface area contributed by atoms with Crippen molar-refractivity contribution in [2.45, 2.75) is 26.0 Å². The third kappa shape index (κ3) is 3.47. The van der Waals surface area contributed by atoms with E-state index in [0.29, 0.717) is 5.82 Å². The van der Waals surface area contributed by atoms with Crippen molar-refractivity contribution in [1.29, 1.82) is 0 Å². The maximum atomic E-state index is 6.00. The van der Waals surface area contributed by atoms with Crippen molar-refractivity contribution in [1.82, 2.24) is 9.97 Å². The number of anilines is 1. The van der Waals surface area contributed by atoms with Gasteiger partial charge in [0.25, 0.3) is 0 Å². The van der Waals surface area contributed by atoms with Gasteiger partial charge in [-0.15, -0.1) is 0 Å². The Kier molecular flexibility index (Phi) is 4.80. The van der Waals surface area contributed by atoms with Gasteiger partial charge < -0.3 is 5.73 Å². The summed E-state index contributed by atoms with van der Waals surface area (Å²) in [7, 11) is 0. The molecule has 2 rings (SSSR count). The minimum absolute atomic E-state index is 0.584. The zero-order valence-electron chi connectivity index (χ0n) is 11.4. The maximum Gasteiger partial charge on any atom is 0.141 e. The Morgan fingerprint density at radius 1 is 1.16 bits per heavy atom. The van der Waals surface area contributed by atoms with Crippen LogP contribution in [0.4, 0.5) is 5.82 Å². The lowest BCUT2D eigenvalue weighted by Crippen LogP contribution is -2.04. The number of nitrogen functional groups attached to an aromatic ring is 1. The van der Waals surface area contributed by atoms with Gasteiger partial charge >= 0.3 is 0 Å². The van der Waals surface area contributed by atoms with Crippen molar-refractivity contribution in [2.75, 3.05) is 11.5 Å². The third-order valence-electron chi connectivity index (χ3n) is 2.86. The molecule has 19 heavy (non-hydrogen) atoms. The van der Waals surface area contributed by atoms with Crippen molar-refractivity contribution < 1.29 is 0 Å². The normalized spacial score (nSPS) is 10.6. The average molecular weight is 273 g/mol. The minimum Gasteiger partial charge on any atom is -0.383 e. The van der Waals surface area contributed by atoms with Crippen LogP contribution >= 0.6 is 11.8 Å². The van der Waals surface area contributed by atoms with Gasteiger partial charge in [0.15, 0.2) is 0 Å². The summed E-state index contributed by atoms with van der Waals surface area (Å²) in [6.45, 7) is 4.15. The summed E-state index contributed by atoms with van der Waals surface area (Å²) in [5.74, 6) is 3.34. The zero-order valence-corrected chi connectivity index (χ0v) is 12.2. The van der Waals surface area contributed by atoms with Gasteiger partial charge in [0.2, 0.25) is 0 Å². The van der Waals surface area contributed by atoms with Crippen LogP contribution in [0.25, 0.3) is 11.3 Å². The number of hydrogen-bond donors (Lipinski definition) is 1. The second-order valence-corrected chi connectivity index (χ2v) is 5.52. The largest absolute Gasteiger partial charge is 0.383 e. The van der Waals surface area contributed by atoms with Crippen LogP contribution in [0.1, 0.15) is 24.7 Å². The van der Waals surface area contributed by atoms with Crippen molar-refractivity contribution in [3.8, 4) is 11.3 Å². The smallest absolute Gasteiger partial charge is 0.141 e. The molecule has 0 bridgehead atoms. The Hall–Kier alpha value is -1.55. The predicted molar refractivity (Wildman–Crippen MR) is 83.1 cm³/mol. The first-order valence-corrected chi connectivity index (χ1v) is 7.64. The summed E-state index contributed by atoms with van der Waals surface area (Å²) in [5.41, 5.74) is 8.99. The molecule has 0 saturated carbocycles. The van der Waals surface area contributed by atoms with Crippen molar-refractivity contribution >= 4 is 17.6 Å². The van der Waals surface area contributed by atoms with Crippen LogP contribution in [-0.2, 0) is 5.75 Å². The Labute approximate surface area is 118 Å². The predicted octanol–water partition coefficient (Wildman–Crippen LogP) is 3.68. The fraction of sp³-hybridized carbons (Fsp3) is 0.333. The molecule has 4 heteroatoms. The Bertz CT molecular complexity index is 541. The molecule has 1 aromatic heterocycles. The SMILES string of the molecule is CCCSCc1nc(N)c(C)c(-c2ccccc2)n1. The number of benzene rings is 1. The van der Waals surface area contributed by atoms with Gasteiger partial charge in [-0.2, -0.15) is 11.8 Å². The standard InChI is InChI=1S/C15H19N3S/c1-3-9-19-10-13-17-14(11(2)15(16)18-13)12-7-5-4-6-8-12/h4-8H,3,9-10H2,1-2H3,(H2,16,17,18). The molecule has 1 heterocycles. The van der Waals surface area contributed by atoms with E-state index >= 15 is 0 Å². The number of nitrogens with two attached hydrogens (primary N) is 1. The molecular formula is C15H19N3S. The van der Waals surface area contributed by atoms with Gasteiger partial charge in [-0.25, -0.2) is 9.97 Å². The van der Waals surface area contributed by atoms with Crippen molar-refractivity contribution in [3.05, 3.63) is 41.7 Å². The fourth-order valence-electron chi connectivity index (χ4n) is 1.83. The van der Waals surface area contributed by atoms with Gasteiger partial charge in [0.05, 0.1) is 11.4 Å². The molecule has 0 aliphatic rings. The van der Waals surface area contributed by atoms with E-state index < -0.39 is 0 Å². The average Bonchev–Trinajstić information content (AvgIpc) is 2.44. The monoisotopic (exact) mass is 273 g/mol. The zero-order chi connectivity index (χ0) is 13.7. The van der Waals surface area contributed by atoms with Crippen LogP contribution in [-0.4, -0.2) is 15.7 Å². The van der Waals surface area contributed by atoms with Crippen LogP contribution in [0.5, 0.6) is 0 Å². The Morgan fingerprint density at radius 3 is 2.58 bits per heavy atom. The molecule has 1 aromatic carbocycles. The van der Waals surface area contributed by atoms with Crippen molar-refractivity contribution in [2.24, 2.45) is 0 Å². The van der Waals surface area contributed by atoms with E-state index in [1.54, 1.807) is 0 Å². The van der Waals surface area contributed by atoms with E-state index in [9.17, 15) is 0 Å². The highest BCUT2D eigenvalue weighted by molar-refractivity contribution is 7.98. The molecule has 0 unspecified atom stereocenters. The molecular weight excluding hydrogens is 254 g/mol. The van der Waals surface area contributed by atoms with Crippen LogP contribution < -0.4 is 5.73 Å². The summed E-state index contributed by atoms with van der Waals surface area (Å²) in [6.07, 6.45) is 1.16. The molecule has 2 N–H and O–H groups in total. The summed E-state index contributed by atoms with van der Waals surface area (Å²) < 4.78 is 0. The number of hydrogen-bond acceptors (Lipinski definition) is 4. The Balaban J connectivity index is 2.32. The molecule has 0 fully saturated rings. The maximum absolute atomic E-state index is 6.00. The lowest BCUT2D eigenvalue weighted by atomic mass is 10.1. The van der Waals surface area contributed by atoms with E-state index in [0.717, 1.165) is 40.6 Å². The quantitative estimate of drug-likeness (QED) is 0.844. The molecule has 0 spiro atoms. The first-order valence-electron chi connectivity index (χ1n) is 6.48. The van der Waals surface area contributed by atoms with Crippen LogP contribution in [0.2, 0.25) is 0 Å². The highest BCUT2D eigenvalue weighted by Crippen LogP contribution is 2.25. The van der Waals surface area contributed by atoms with Crippen LogP contribution in [0.3, 0.4) is 0 Å². The first-order chi connectivity index (χ1) is 9.22. The van der Waals surface area contributed by atoms with Crippen LogP contribution in [0.15, 0.2) is 30.3 Å².